The van der Waals surface area contributed by atoms with Crippen LogP contribution in [-0.4, -0.2) is 26.1 Å². The van der Waals surface area contributed by atoms with Crippen LogP contribution >= 0.6 is 11.8 Å². The molecule has 92 valence electrons. The van der Waals surface area contributed by atoms with Crippen LogP contribution in [-0.2, 0) is 13.5 Å². The average molecular weight is 241 g/mol. The van der Waals surface area contributed by atoms with E-state index in [0.29, 0.717) is 4.75 Å². The molecule has 0 saturated carbocycles. The van der Waals surface area contributed by atoms with E-state index in [1.807, 2.05) is 31.2 Å². The first kappa shape index (κ1) is 13.6. The smallest absolute Gasteiger partial charge is 0.108 e. The molecule has 0 aliphatic carbocycles. The van der Waals surface area contributed by atoms with E-state index in [1.54, 1.807) is 0 Å². The van der Waals surface area contributed by atoms with Crippen molar-refractivity contribution in [2.75, 3.05) is 5.75 Å². The largest absolute Gasteiger partial charge is 0.338 e. The van der Waals surface area contributed by atoms with Gasteiger partial charge < -0.3 is 10.3 Å². The van der Waals surface area contributed by atoms with Crippen LogP contribution in [0.2, 0.25) is 0 Å². The number of imidazole rings is 1. The molecule has 2 N–H and O–H groups in total. The van der Waals surface area contributed by atoms with Gasteiger partial charge >= 0.3 is 0 Å². The number of aryl methyl sites for hydroxylation is 2. The van der Waals surface area contributed by atoms with Crippen molar-refractivity contribution in [2.45, 2.75) is 44.4 Å². The summed E-state index contributed by atoms with van der Waals surface area (Å²) >= 11 is 1.93. The van der Waals surface area contributed by atoms with E-state index in [9.17, 15) is 0 Å². The van der Waals surface area contributed by atoms with Crippen LogP contribution in [0.4, 0.5) is 0 Å². The second kappa shape index (κ2) is 5.73. The number of nitrogens with two attached hydrogens (primary N) is 1. The summed E-state index contributed by atoms with van der Waals surface area (Å²) in [6.07, 6.45) is 5.79. The number of aromatic nitrogens is 2. The van der Waals surface area contributed by atoms with Gasteiger partial charge in [0.2, 0.25) is 0 Å². The monoisotopic (exact) mass is 241 g/mol. The van der Waals surface area contributed by atoms with Crippen molar-refractivity contribution in [3.63, 3.8) is 0 Å². The quantitative estimate of drug-likeness (QED) is 0.859. The molecule has 1 atom stereocenters. The van der Waals surface area contributed by atoms with Gasteiger partial charge in [0, 0.05) is 42.4 Å². The van der Waals surface area contributed by atoms with Crippen LogP contribution in [0.3, 0.4) is 0 Å². The van der Waals surface area contributed by atoms with Gasteiger partial charge in [-0.15, -0.1) is 0 Å². The van der Waals surface area contributed by atoms with Crippen molar-refractivity contribution in [2.24, 2.45) is 12.8 Å². The third-order valence-electron chi connectivity index (χ3n) is 2.39. The molecule has 0 saturated heterocycles. The Balaban J connectivity index is 2.25. The predicted molar refractivity (Wildman–Crippen MR) is 71.7 cm³/mol. The zero-order chi connectivity index (χ0) is 12.2. The zero-order valence-electron chi connectivity index (χ0n) is 10.7. The Kier molecular flexibility index (Phi) is 4.87. The minimum atomic E-state index is 0.265. The van der Waals surface area contributed by atoms with E-state index in [-0.39, 0.29) is 6.04 Å². The predicted octanol–water partition coefficient (Wildman–Crippen LogP) is 2.21. The molecule has 0 fully saturated rings. The lowest BCUT2D eigenvalue weighted by molar-refractivity contribution is 0.636. The summed E-state index contributed by atoms with van der Waals surface area (Å²) in [7, 11) is 2.03. The molecule has 1 rings (SSSR count). The molecule has 4 heteroatoms. The van der Waals surface area contributed by atoms with Gasteiger partial charge in [-0.3, -0.25) is 0 Å². The fourth-order valence-electron chi connectivity index (χ4n) is 1.39. The summed E-state index contributed by atoms with van der Waals surface area (Å²) in [4.78, 5) is 4.30. The topological polar surface area (TPSA) is 43.8 Å². The van der Waals surface area contributed by atoms with E-state index >= 15 is 0 Å². The molecule has 0 aromatic carbocycles. The lowest BCUT2D eigenvalue weighted by Crippen LogP contribution is -2.26. The lowest BCUT2D eigenvalue weighted by Gasteiger charge is -2.20. The first-order valence-electron chi connectivity index (χ1n) is 5.74. The van der Waals surface area contributed by atoms with Gasteiger partial charge in [-0.25, -0.2) is 4.98 Å². The molecule has 1 aromatic heterocycles. The zero-order valence-corrected chi connectivity index (χ0v) is 11.5. The van der Waals surface area contributed by atoms with Crippen LogP contribution in [0.5, 0.6) is 0 Å². The van der Waals surface area contributed by atoms with Crippen LogP contribution in [0, 0.1) is 0 Å². The molecule has 0 spiro atoms. The first-order chi connectivity index (χ1) is 7.38. The average Bonchev–Trinajstić information content (AvgIpc) is 2.57. The summed E-state index contributed by atoms with van der Waals surface area (Å²) in [6.45, 7) is 6.68. The highest BCUT2D eigenvalue weighted by atomic mass is 32.2. The molecular formula is C12H23N3S. The molecule has 0 bridgehead atoms. The van der Waals surface area contributed by atoms with Gasteiger partial charge in [-0.05, 0) is 6.42 Å². The lowest BCUT2D eigenvalue weighted by atomic mass is 10.2. The molecule has 1 aromatic rings. The molecule has 0 radical (unpaired) electrons. The van der Waals surface area contributed by atoms with Gasteiger partial charge in [0.25, 0.3) is 0 Å². The van der Waals surface area contributed by atoms with Crippen LogP contribution in [0.15, 0.2) is 12.4 Å². The minimum Gasteiger partial charge on any atom is -0.338 e. The molecule has 1 heterocycles. The molecule has 3 nitrogen and oxygen atoms in total. The van der Waals surface area contributed by atoms with Crippen LogP contribution in [0.1, 0.15) is 33.0 Å². The van der Waals surface area contributed by atoms with E-state index in [1.165, 1.54) is 0 Å². The Bertz CT molecular complexity index is 314. The summed E-state index contributed by atoms with van der Waals surface area (Å²) in [5.41, 5.74) is 6.09. The SMILES string of the molecule is Cn1ccnc1CCC(N)CSC(C)(C)C. The van der Waals surface area contributed by atoms with E-state index < -0.39 is 0 Å². The standard InChI is InChI=1S/C12H23N3S/c1-12(2,3)16-9-10(13)5-6-11-14-7-8-15(11)4/h7-8,10H,5-6,9,13H2,1-4H3. The maximum Gasteiger partial charge on any atom is 0.108 e. The van der Waals surface area contributed by atoms with Crippen LogP contribution < -0.4 is 5.73 Å². The fraction of sp³-hybridized carbons (Fsp3) is 0.750. The Hall–Kier alpha value is -0.480. The number of thioether (sulfide) groups is 1. The van der Waals surface area contributed by atoms with Crippen molar-refractivity contribution < 1.29 is 0 Å². The normalized spacial score (nSPS) is 14.1. The second-order valence-electron chi connectivity index (χ2n) is 5.18. The minimum absolute atomic E-state index is 0.265. The van der Waals surface area contributed by atoms with E-state index in [0.717, 1.165) is 24.4 Å². The van der Waals surface area contributed by atoms with Crippen LogP contribution in [0.25, 0.3) is 0 Å². The van der Waals surface area contributed by atoms with Gasteiger partial charge in [0.05, 0.1) is 0 Å². The summed E-state index contributed by atoms with van der Waals surface area (Å²) in [5.74, 6) is 2.14. The highest BCUT2D eigenvalue weighted by Gasteiger charge is 2.13. The molecule has 0 aliphatic rings. The molecular weight excluding hydrogens is 218 g/mol. The first-order valence-corrected chi connectivity index (χ1v) is 6.73. The molecule has 0 amide bonds. The molecule has 0 aliphatic heterocycles. The van der Waals surface area contributed by atoms with Crippen molar-refractivity contribution in [1.82, 2.24) is 9.55 Å². The Labute approximate surface area is 103 Å². The Morgan fingerprint density at radius 3 is 2.69 bits per heavy atom. The maximum atomic E-state index is 6.09. The fourth-order valence-corrected chi connectivity index (χ4v) is 2.27. The second-order valence-corrected chi connectivity index (χ2v) is 7.02. The third-order valence-corrected chi connectivity index (χ3v) is 3.85. The maximum absolute atomic E-state index is 6.09. The Morgan fingerprint density at radius 2 is 2.19 bits per heavy atom. The number of nitrogens with zero attached hydrogens (tertiary/aromatic N) is 2. The van der Waals surface area contributed by atoms with Crippen molar-refractivity contribution >= 4 is 11.8 Å². The van der Waals surface area contributed by atoms with Crippen molar-refractivity contribution in [1.29, 1.82) is 0 Å². The van der Waals surface area contributed by atoms with Crippen molar-refractivity contribution in [3.8, 4) is 0 Å². The van der Waals surface area contributed by atoms with Crippen molar-refractivity contribution in [3.05, 3.63) is 18.2 Å². The number of rotatable bonds is 5. The highest BCUT2D eigenvalue weighted by Crippen LogP contribution is 2.24. The molecule has 1 unspecified atom stereocenters. The van der Waals surface area contributed by atoms with Gasteiger partial charge in [0.1, 0.15) is 5.82 Å². The van der Waals surface area contributed by atoms with E-state index in [2.05, 4.69) is 30.3 Å². The third kappa shape index (κ3) is 5.03. The van der Waals surface area contributed by atoms with Gasteiger partial charge in [-0.2, -0.15) is 11.8 Å². The highest BCUT2D eigenvalue weighted by molar-refractivity contribution is 8.00. The number of hydrogen-bond donors (Lipinski definition) is 1. The Morgan fingerprint density at radius 1 is 1.50 bits per heavy atom. The molecule has 16 heavy (non-hydrogen) atoms. The summed E-state index contributed by atoms with van der Waals surface area (Å²) in [5, 5.41) is 0. The summed E-state index contributed by atoms with van der Waals surface area (Å²) < 4.78 is 2.37. The summed E-state index contributed by atoms with van der Waals surface area (Å²) in [6, 6.07) is 0.265. The van der Waals surface area contributed by atoms with Gasteiger partial charge in [0.15, 0.2) is 0 Å². The van der Waals surface area contributed by atoms with E-state index in [4.69, 9.17) is 5.73 Å². The number of hydrogen-bond acceptors (Lipinski definition) is 3. The van der Waals surface area contributed by atoms with Gasteiger partial charge in [-0.1, -0.05) is 20.8 Å².